The lowest BCUT2D eigenvalue weighted by molar-refractivity contribution is 0.958. The first-order valence-corrected chi connectivity index (χ1v) is 7.37. The van der Waals surface area contributed by atoms with E-state index in [0.717, 1.165) is 23.5 Å². The highest BCUT2D eigenvalue weighted by atomic mass is 127. The molecule has 1 aromatic heterocycles. The lowest BCUT2D eigenvalue weighted by atomic mass is 10.1. The van der Waals surface area contributed by atoms with Gasteiger partial charge >= 0.3 is 0 Å². The van der Waals surface area contributed by atoms with Gasteiger partial charge in [-0.05, 0) is 36.2 Å². The summed E-state index contributed by atoms with van der Waals surface area (Å²) in [4.78, 5) is 10.8. The Morgan fingerprint density at radius 2 is 1.91 bits per heavy atom. The summed E-state index contributed by atoms with van der Waals surface area (Å²) in [7, 11) is 3.97. The number of halogens is 1. The zero-order chi connectivity index (χ0) is 15.9. The van der Waals surface area contributed by atoms with Gasteiger partial charge in [0.2, 0.25) is 0 Å². The summed E-state index contributed by atoms with van der Waals surface area (Å²) in [6.07, 6.45) is 2.79. The number of hydrogen-bond acceptors (Lipinski definition) is 3. The number of aliphatic imine (C=N–C) groups is 1. The summed E-state index contributed by atoms with van der Waals surface area (Å²) < 4.78 is 0. The van der Waals surface area contributed by atoms with Gasteiger partial charge in [0.15, 0.2) is 5.96 Å². The Hall–Kier alpha value is -1.83. The van der Waals surface area contributed by atoms with Crippen molar-refractivity contribution in [3.63, 3.8) is 0 Å². The average Bonchev–Trinajstić information content (AvgIpc) is 2.54. The minimum absolute atomic E-state index is 0. The van der Waals surface area contributed by atoms with Crippen molar-refractivity contribution in [1.82, 2.24) is 4.98 Å². The number of pyridine rings is 1. The predicted molar refractivity (Wildman–Crippen MR) is 109 cm³/mol. The van der Waals surface area contributed by atoms with Crippen LogP contribution in [0.25, 0.3) is 0 Å². The number of guanidine groups is 1. The summed E-state index contributed by atoms with van der Waals surface area (Å²) in [5, 5.41) is 3.10. The van der Waals surface area contributed by atoms with Crippen LogP contribution in [0.4, 0.5) is 11.4 Å². The predicted octanol–water partition coefficient (Wildman–Crippen LogP) is 3.25. The quantitative estimate of drug-likeness (QED) is 0.439. The van der Waals surface area contributed by atoms with Crippen LogP contribution in [0.2, 0.25) is 0 Å². The van der Waals surface area contributed by atoms with Crippen molar-refractivity contribution in [1.29, 1.82) is 0 Å². The molecule has 0 unspecified atom stereocenters. The second-order valence-electron chi connectivity index (χ2n) is 5.24. The van der Waals surface area contributed by atoms with E-state index >= 15 is 0 Å². The molecule has 2 rings (SSSR count). The molecular weight excluding hydrogens is 401 g/mol. The van der Waals surface area contributed by atoms with E-state index in [9.17, 15) is 0 Å². The standard InChI is InChI=1S/C17H23N5.HI/c1-4-13-7-9-14(10-8-13)21-17(18)20-12-15-16(22(2)3)6-5-11-19-15;/h5-11H,4,12H2,1-3H3,(H3,18,20,21);1H. The number of aromatic nitrogens is 1. The number of benzene rings is 1. The van der Waals surface area contributed by atoms with E-state index < -0.39 is 0 Å². The molecule has 5 nitrogen and oxygen atoms in total. The minimum atomic E-state index is 0. The molecule has 0 atom stereocenters. The molecule has 124 valence electrons. The van der Waals surface area contributed by atoms with Gasteiger partial charge in [-0.15, -0.1) is 24.0 Å². The number of rotatable bonds is 5. The zero-order valence-corrected chi connectivity index (χ0v) is 16.1. The van der Waals surface area contributed by atoms with E-state index in [2.05, 4.69) is 34.3 Å². The molecule has 0 aliphatic rings. The number of nitrogens with one attached hydrogen (secondary N) is 1. The lowest BCUT2D eigenvalue weighted by Crippen LogP contribution is -2.23. The van der Waals surface area contributed by atoms with Gasteiger partial charge in [-0.2, -0.15) is 0 Å². The van der Waals surface area contributed by atoms with Gasteiger partial charge in [0.05, 0.1) is 17.9 Å². The molecule has 0 saturated heterocycles. The SMILES string of the molecule is CCc1ccc(NC(N)=NCc2ncccc2N(C)C)cc1.I. The number of hydrogen-bond donors (Lipinski definition) is 2. The second-order valence-corrected chi connectivity index (χ2v) is 5.24. The monoisotopic (exact) mass is 425 g/mol. The molecule has 2 aromatic rings. The highest BCUT2D eigenvalue weighted by molar-refractivity contribution is 14.0. The molecule has 3 N–H and O–H groups in total. The number of nitrogens with zero attached hydrogens (tertiary/aromatic N) is 3. The fourth-order valence-corrected chi connectivity index (χ4v) is 2.13. The van der Waals surface area contributed by atoms with Crippen LogP contribution in [0.1, 0.15) is 18.2 Å². The first kappa shape index (κ1) is 19.2. The Labute approximate surface area is 155 Å². The molecule has 1 aromatic carbocycles. The molecule has 6 heteroatoms. The van der Waals surface area contributed by atoms with E-state index in [1.54, 1.807) is 6.20 Å². The largest absolute Gasteiger partial charge is 0.376 e. The Balaban J connectivity index is 0.00000264. The zero-order valence-electron chi connectivity index (χ0n) is 13.8. The second kappa shape index (κ2) is 9.34. The third kappa shape index (κ3) is 5.70. The Morgan fingerprint density at radius 3 is 2.52 bits per heavy atom. The smallest absolute Gasteiger partial charge is 0.193 e. The van der Waals surface area contributed by atoms with Gasteiger partial charge in [0, 0.05) is 26.0 Å². The number of aryl methyl sites for hydroxylation is 1. The van der Waals surface area contributed by atoms with Crippen LogP contribution >= 0.6 is 24.0 Å². The van der Waals surface area contributed by atoms with E-state index in [4.69, 9.17) is 5.73 Å². The third-order valence-corrected chi connectivity index (χ3v) is 3.38. The molecule has 0 aliphatic heterocycles. The van der Waals surface area contributed by atoms with Crippen LogP contribution in [-0.4, -0.2) is 25.0 Å². The maximum atomic E-state index is 5.95. The van der Waals surface area contributed by atoms with Gasteiger partial charge < -0.3 is 16.0 Å². The van der Waals surface area contributed by atoms with Gasteiger partial charge in [0.25, 0.3) is 0 Å². The van der Waals surface area contributed by atoms with E-state index in [-0.39, 0.29) is 24.0 Å². The summed E-state index contributed by atoms with van der Waals surface area (Å²) in [5.41, 5.74) is 10.1. The van der Waals surface area contributed by atoms with Crippen molar-refractivity contribution in [2.24, 2.45) is 10.7 Å². The molecule has 1 heterocycles. The summed E-state index contributed by atoms with van der Waals surface area (Å²) >= 11 is 0. The van der Waals surface area contributed by atoms with Crippen LogP contribution in [0.3, 0.4) is 0 Å². The maximum absolute atomic E-state index is 5.95. The molecule has 0 amide bonds. The van der Waals surface area contributed by atoms with Crippen LogP contribution in [-0.2, 0) is 13.0 Å². The van der Waals surface area contributed by atoms with Crippen molar-refractivity contribution >= 4 is 41.3 Å². The van der Waals surface area contributed by atoms with Crippen molar-refractivity contribution in [3.05, 3.63) is 53.9 Å². The lowest BCUT2D eigenvalue weighted by Gasteiger charge is -2.15. The Bertz CT molecular complexity index is 638. The Kier molecular flexibility index (Phi) is 7.80. The van der Waals surface area contributed by atoms with Crippen LogP contribution < -0.4 is 16.0 Å². The van der Waals surface area contributed by atoms with E-state index in [1.807, 2.05) is 43.3 Å². The summed E-state index contributed by atoms with van der Waals surface area (Å²) in [6, 6.07) is 12.1. The molecule has 0 spiro atoms. The molecule has 0 saturated carbocycles. The Morgan fingerprint density at radius 1 is 1.22 bits per heavy atom. The molecule has 0 bridgehead atoms. The average molecular weight is 425 g/mol. The highest BCUT2D eigenvalue weighted by Gasteiger charge is 2.04. The molecule has 0 aliphatic carbocycles. The first-order valence-electron chi connectivity index (χ1n) is 7.37. The fraction of sp³-hybridized carbons (Fsp3) is 0.294. The number of nitrogens with two attached hydrogens (primary N) is 1. The topological polar surface area (TPSA) is 66.5 Å². The highest BCUT2D eigenvalue weighted by Crippen LogP contribution is 2.16. The number of anilines is 2. The minimum Gasteiger partial charge on any atom is -0.376 e. The molecular formula is C17H24IN5. The van der Waals surface area contributed by atoms with Gasteiger partial charge in [-0.25, -0.2) is 4.99 Å². The van der Waals surface area contributed by atoms with Crippen LogP contribution in [0, 0.1) is 0 Å². The van der Waals surface area contributed by atoms with Crippen molar-refractivity contribution in [2.75, 3.05) is 24.3 Å². The third-order valence-electron chi connectivity index (χ3n) is 3.38. The van der Waals surface area contributed by atoms with Gasteiger partial charge in [-0.3, -0.25) is 4.98 Å². The van der Waals surface area contributed by atoms with Gasteiger partial charge in [-0.1, -0.05) is 19.1 Å². The molecule has 0 fully saturated rings. The summed E-state index contributed by atoms with van der Waals surface area (Å²) in [6.45, 7) is 2.58. The van der Waals surface area contributed by atoms with Crippen molar-refractivity contribution in [3.8, 4) is 0 Å². The van der Waals surface area contributed by atoms with Crippen LogP contribution in [0.15, 0.2) is 47.6 Å². The first-order chi connectivity index (χ1) is 10.6. The molecule has 0 radical (unpaired) electrons. The van der Waals surface area contributed by atoms with Crippen molar-refractivity contribution in [2.45, 2.75) is 19.9 Å². The van der Waals surface area contributed by atoms with Gasteiger partial charge in [0.1, 0.15) is 0 Å². The van der Waals surface area contributed by atoms with E-state index in [1.165, 1.54) is 5.56 Å². The fourth-order valence-electron chi connectivity index (χ4n) is 2.13. The normalized spacial score (nSPS) is 10.8. The van der Waals surface area contributed by atoms with Crippen LogP contribution in [0.5, 0.6) is 0 Å². The maximum Gasteiger partial charge on any atom is 0.193 e. The summed E-state index contributed by atoms with van der Waals surface area (Å²) in [5.74, 6) is 0.389. The van der Waals surface area contributed by atoms with E-state index in [0.29, 0.717) is 12.5 Å². The molecule has 23 heavy (non-hydrogen) atoms. The van der Waals surface area contributed by atoms with Crippen molar-refractivity contribution < 1.29 is 0 Å².